The Morgan fingerprint density at radius 1 is 1.38 bits per heavy atom. The Kier molecular flexibility index (Phi) is 8.00. The van der Waals surface area contributed by atoms with Crippen molar-refractivity contribution in [3.63, 3.8) is 0 Å². The highest BCUT2D eigenvalue weighted by Gasteiger charge is 2.18. The molecule has 0 spiro atoms. The molecule has 0 aromatic heterocycles. The molecule has 0 amide bonds. The van der Waals surface area contributed by atoms with E-state index >= 15 is 0 Å². The molecular weight excluding hydrogens is 380 g/mol. The normalized spacial score (nSPS) is 16.5. The van der Waals surface area contributed by atoms with E-state index < -0.39 is 0 Å². The molecule has 0 aliphatic carbocycles. The van der Waals surface area contributed by atoms with Crippen LogP contribution in [0.5, 0.6) is 0 Å². The molecule has 0 unspecified atom stereocenters. The van der Waals surface area contributed by atoms with E-state index in [0.717, 1.165) is 37.1 Å². The Bertz CT molecular complexity index is 457. The van der Waals surface area contributed by atoms with Gasteiger partial charge in [0.1, 0.15) is 5.82 Å². The number of piperidine rings is 1. The lowest BCUT2D eigenvalue weighted by Crippen LogP contribution is -2.45. The monoisotopic (exact) mass is 405 g/mol. The fourth-order valence-corrected chi connectivity index (χ4v) is 2.45. The van der Waals surface area contributed by atoms with Crippen molar-refractivity contribution in [1.29, 1.82) is 0 Å². The van der Waals surface area contributed by atoms with Crippen LogP contribution in [0.15, 0.2) is 29.3 Å². The van der Waals surface area contributed by atoms with Crippen LogP contribution in [-0.4, -0.2) is 30.5 Å². The van der Waals surface area contributed by atoms with Crippen LogP contribution in [0, 0.1) is 11.7 Å². The highest BCUT2D eigenvalue weighted by molar-refractivity contribution is 14.0. The lowest BCUT2D eigenvalue weighted by atomic mass is 10.00. The Labute approximate surface area is 144 Å². The van der Waals surface area contributed by atoms with Gasteiger partial charge in [-0.15, -0.1) is 24.0 Å². The predicted molar refractivity (Wildman–Crippen MR) is 96.6 cm³/mol. The molecule has 1 fully saturated rings. The highest BCUT2D eigenvalue weighted by Crippen LogP contribution is 2.16. The van der Waals surface area contributed by atoms with Crippen molar-refractivity contribution in [3.05, 3.63) is 35.6 Å². The first-order valence-corrected chi connectivity index (χ1v) is 7.46. The summed E-state index contributed by atoms with van der Waals surface area (Å²) in [4.78, 5) is 6.95. The number of hydrogen-bond acceptors (Lipinski definition) is 1. The van der Waals surface area contributed by atoms with Gasteiger partial charge in [-0.2, -0.15) is 0 Å². The quantitative estimate of drug-likeness (QED) is 0.473. The van der Waals surface area contributed by atoms with E-state index in [2.05, 4.69) is 29.1 Å². The van der Waals surface area contributed by atoms with E-state index in [9.17, 15) is 4.39 Å². The number of guanidine groups is 1. The molecule has 0 saturated carbocycles. The van der Waals surface area contributed by atoms with Gasteiger partial charge in [-0.25, -0.2) is 9.38 Å². The van der Waals surface area contributed by atoms with Crippen LogP contribution in [-0.2, 0) is 6.54 Å². The first-order chi connectivity index (χ1) is 9.69. The van der Waals surface area contributed by atoms with E-state index in [4.69, 9.17) is 0 Å². The minimum absolute atomic E-state index is 0. The van der Waals surface area contributed by atoms with Gasteiger partial charge >= 0.3 is 0 Å². The summed E-state index contributed by atoms with van der Waals surface area (Å²) >= 11 is 0. The van der Waals surface area contributed by atoms with Gasteiger partial charge in [0.15, 0.2) is 5.96 Å². The largest absolute Gasteiger partial charge is 0.357 e. The Hall–Kier alpha value is -0.850. The maximum atomic E-state index is 13.2. The number of rotatable bonds is 3. The number of benzene rings is 1. The number of hydrogen-bond donors (Lipinski definition) is 1. The fraction of sp³-hybridized carbons (Fsp3) is 0.562. The minimum Gasteiger partial charge on any atom is -0.357 e. The van der Waals surface area contributed by atoms with E-state index in [-0.39, 0.29) is 29.8 Å². The van der Waals surface area contributed by atoms with Crippen LogP contribution in [0.25, 0.3) is 0 Å². The molecule has 0 radical (unpaired) electrons. The Morgan fingerprint density at radius 3 is 2.71 bits per heavy atom. The van der Waals surface area contributed by atoms with Gasteiger partial charge in [-0.3, -0.25) is 0 Å². The predicted octanol–water partition coefficient (Wildman–Crippen LogP) is 3.64. The second-order valence-electron chi connectivity index (χ2n) is 5.47. The molecule has 21 heavy (non-hydrogen) atoms. The molecule has 5 heteroatoms. The topological polar surface area (TPSA) is 27.6 Å². The number of likely N-dealkylation sites (tertiary alicyclic amines) is 1. The van der Waals surface area contributed by atoms with Gasteiger partial charge in [0.05, 0.1) is 6.54 Å². The SMILES string of the molecule is CCNC(=NCc1cccc(F)c1)N1CCC(C)CC1.I. The van der Waals surface area contributed by atoms with Crippen LogP contribution in [0.2, 0.25) is 0 Å². The molecular formula is C16H25FIN3. The second kappa shape index (κ2) is 9.23. The first kappa shape index (κ1) is 18.2. The second-order valence-corrected chi connectivity index (χ2v) is 5.47. The molecule has 0 atom stereocenters. The zero-order chi connectivity index (χ0) is 14.4. The molecule has 1 aliphatic rings. The third-order valence-electron chi connectivity index (χ3n) is 3.72. The van der Waals surface area contributed by atoms with Gasteiger partial charge < -0.3 is 10.2 Å². The maximum absolute atomic E-state index is 13.2. The molecule has 1 aromatic rings. The van der Waals surface area contributed by atoms with Crippen molar-refractivity contribution in [1.82, 2.24) is 10.2 Å². The van der Waals surface area contributed by atoms with Gasteiger partial charge in [0.2, 0.25) is 0 Å². The van der Waals surface area contributed by atoms with Crippen molar-refractivity contribution in [2.45, 2.75) is 33.2 Å². The first-order valence-electron chi connectivity index (χ1n) is 7.46. The van der Waals surface area contributed by atoms with E-state index in [1.807, 2.05) is 6.07 Å². The van der Waals surface area contributed by atoms with Crippen molar-refractivity contribution in [2.24, 2.45) is 10.9 Å². The molecule has 118 valence electrons. The summed E-state index contributed by atoms with van der Waals surface area (Å²) in [5, 5.41) is 3.33. The van der Waals surface area contributed by atoms with Gasteiger partial charge in [0.25, 0.3) is 0 Å². The average molecular weight is 405 g/mol. The zero-order valence-electron chi connectivity index (χ0n) is 12.8. The molecule has 1 N–H and O–H groups in total. The molecule has 0 bridgehead atoms. The van der Waals surface area contributed by atoms with Gasteiger partial charge in [0, 0.05) is 19.6 Å². The van der Waals surface area contributed by atoms with Crippen LogP contribution in [0.3, 0.4) is 0 Å². The number of halogens is 2. The number of nitrogens with one attached hydrogen (secondary N) is 1. The van der Waals surface area contributed by atoms with Crippen molar-refractivity contribution in [2.75, 3.05) is 19.6 Å². The molecule has 1 heterocycles. The third-order valence-corrected chi connectivity index (χ3v) is 3.72. The highest BCUT2D eigenvalue weighted by atomic mass is 127. The zero-order valence-corrected chi connectivity index (χ0v) is 15.1. The summed E-state index contributed by atoms with van der Waals surface area (Å²) in [5.74, 6) is 1.55. The summed E-state index contributed by atoms with van der Waals surface area (Å²) in [6, 6.07) is 6.65. The summed E-state index contributed by atoms with van der Waals surface area (Å²) in [6.45, 7) is 7.85. The Balaban J connectivity index is 0.00000220. The molecule has 3 nitrogen and oxygen atoms in total. The fourth-order valence-electron chi connectivity index (χ4n) is 2.45. The average Bonchev–Trinajstić information content (AvgIpc) is 2.44. The van der Waals surface area contributed by atoms with Gasteiger partial charge in [-0.1, -0.05) is 19.1 Å². The van der Waals surface area contributed by atoms with Crippen molar-refractivity contribution >= 4 is 29.9 Å². The van der Waals surface area contributed by atoms with E-state index in [1.54, 1.807) is 12.1 Å². The molecule has 1 aliphatic heterocycles. The van der Waals surface area contributed by atoms with Crippen LogP contribution in [0.1, 0.15) is 32.3 Å². The van der Waals surface area contributed by atoms with Crippen molar-refractivity contribution < 1.29 is 4.39 Å². The summed E-state index contributed by atoms with van der Waals surface area (Å²) in [5.41, 5.74) is 0.908. The van der Waals surface area contributed by atoms with Crippen molar-refractivity contribution in [3.8, 4) is 0 Å². The lowest BCUT2D eigenvalue weighted by Gasteiger charge is -2.33. The molecule has 1 aromatic carbocycles. The number of nitrogens with zero attached hydrogens (tertiary/aromatic N) is 2. The van der Waals surface area contributed by atoms with Crippen LogP contribution >= 0.6 is 24.0 Å². The minimum atomic E-state index is -0.200. The summed E-state index contributed by atoms with van der Waals surface area (Å²) in [6.07, 6.45) is 2.43. The summed E-state index contributed by atoms with van der Waals surface area (Å²) in [7, 11) is 0. The Morgan fingerprint density at radius 2 is 2.10 bits per heavy atom. The number of aliphatic imine (C=N–C) groups is 1. The molecule has 2 rings (SSSR count). The van der Waals surface area contributed by atoms with Crippen LogP contribution in [0.4, 0.5) is 4.39 Å². The maximum Gasteiger partial charge on any atom is 0.194 e. The standard InChI is InChI=1S/C16H24FN3.HI/c1-3-18-16(20-9-7-13(2)8-10-20)19-12-14-5-4-6-15(17)11-14;/h4-6,11,13H,3,7-10,12H2,1-2H3,(H,18,19);1H. The lowest BCUT2D eigenvalue weighted by molar-refractivity contribution is 0.273. The van der Waals surface area contributed by atoms with E-state index in [1.165, 1.54) is 18.9 Å². The van der Waals surface area contributed by atoms with Gasteiger partial charge in [-0.05, 0) is 43.4 Å². The summed E-state index contributed by atoms with van der Waals surface area (Å²) < 4.78 is 13.2. The smallest absolute Gasteiger partial charge is 0.194 e. The molecule has 1 saturated heterocycles. The third kappa shape index (κ3) is 5.80. The van der Waals surface area contributed by atoms with E-state index in [0.29, 0.717) is 6.54 Å². The van der Waals surface area contributed by atoms with Crippen LogP contribution < -0.4 is 5.32 Å².